The van der Waals surface area contributed by atoms with Crippen molar-refractivity contribution in [3.05, 3.63) is 36.5 Å². The number of nitrogens with one attached hydrogen (secondary N) is 1. The van der Waals surface area contributed by atoms with E-state index in [2.05, 4.69) is 49.4 Å². The second-order valence-corrected chi connectivity index (χ2v) is 6.11. The van der Waals surface area contributed by atoms with E-state index in [9.17, 15) is 0 Å². The molecule has 4 rings (SSSR count). The molecule has 1 aromatic heterocycles. The summed E-state index contributed by atoms with van der Waals surface area (Å²) in [5.41, 5.74) is 2.20. The normalized spacial score (nSPS) is 18.2. The minimum atomic E-state index is 0.614. The van der Waals surface area contributed by atoms with Crippen molar-refractivity contribution in [2.45, 2.75) is 0 Å². The van der Waals surface area contributed by atoms with Gasteiger partial charge < -0.3 is 24.6 Å². The Morgan fingerprint density at radius 1 is 0.800 bits per heavy atom. The lowest BCUT2D eigenvalue weighted by molar-refractivity contribution is 0.122. The van der Waals surface area contributed by atoms with E-state index in [0.29, 0.717) is 5.95 Å². The first-order valence-electron chi connectivity index (χ1n) is 8.74. The van der Waals surface area contributed by atoms with E-state index in [1.54, 1.807) is 6.20 Å². The lowest BCUT2D eigenvalue weighted by atomic mass is 10.2. The summed E-state index contributed by atoms with van der Waals surface area (Å²) in [7, 11) is 0. The third-order valence-corrected chi connectivity index (χ3v) is 4.48. The van der Waals surface area contributed by atoms with Crippen LogP contribution in [0.5, 0.6) is 0 Å². The Morgan fingerprint density at radius 3 is 2.12 bits per heavy atom. The van der Waals surface area contributed by atoms with Gasteiger partial charge in [0.05, 0.1) is 26.4 Å². The molecule has 0 amide bonds. The Bertz CT molecular complexity index is 682. The number of aromatic nitrogens is 2. The van der Waals surface area contributed by atoms with Crippen molar-refractivity contribution < 1.29 is 9.47 Å². The fraction of sp³-hybridized carbons (Fsp3) is 0.444. The molecular formula is C18H23N5O2. The van der Waals surface area contributed by atoms with Gasteiger partial charge in [-0.1, -0.05) is 0 Å². The van der Waals surface area contributed by atoms with Crippen LogP contribution in [0.4, 0.5) is 23.1 Å². The summed E-state index contributed by atoms with van der Waals surface area (Å²) in [6.45, 7) is 6.69. The summed E-state index contributed by atoms with van der Waals surface area (Å²) in [4.78, 5) is 13.5. The predicted octanol–water partition coefficient (Wildman–Crippen LogP) is 1.89. The highest BCUT2D eigenvalue weighted by Gasteiger charge is 2.13. The fourth-order valence-corrected chi connectivity index (χ4v) is 3.08. The Balaban J connectivity index is 1.43. The molecule has 0 radical (unpaired) electrons. The van der Waals surface area contributed by atoms with Crippen molar-refractivity contribution in [1.29, 1.82) is 0 Å². The molecule has 2 aromatic rings. The molecule has 25 heavy (non-hydrogen) atoms. The fourth-order valence-electron chi connectivity index (χ4n) is 3.08. The topological polar surface area (TPSA) is 62.8 Å². The summed E-state index contributed by atoms with van der Waals surface area (Å²) in [5, 5.41) is 3.29. The van der Waals surface area contributed by atoms with E-state index in [1.807, 2.05) is 6.07 Å². The number of anilines is 4. The summed E-state index contributed by atoms with van der Waals surface area (Å²) >= 11 is 0. The van der Waals surface area contributed by atoms with Crippen LogP contribution in [0.25, 0.3) is 0 Å². The van der Waals surface area contributed by atoms with Crippen LogP contribution in [-0.2, 0) is 9.47 Å². The van der Waals surface area contributed by atoms with Crippen LogP contribution in [-0.4, -0.2) is 62.6 Å². The summed E-state index contributed by atoms with van der Waals surface area (Å²) in [6.07, 6.45) is 1.79. The van der Waals surface area contributed by atoms with Crippen LogP contribution in [0.15, 0.2) is 36.5 Å². The number of nitrogens with zero attached hydrogens (tertiary/aromatic N) is 4. The highest BCUT2D eigenvalue weighted by Crippen LogP contribution is 2.21. The van der Waals surface area contributed by atoms with E-state index >= 15 is 0 Å². The maximum absolute atomic E-state index is 5.40. The molecule has 2 saturated heterocycles. The van der Waals surface area contributed by atoms with Gasteiger partial charge in [0.1, 0.15) is 5.82 Å². The summed E-state index contributed by atoms with van der Waals surface area (Å²) in [6, 6.07) is 10.3. The first kappa shape index (κ1) is 16.1. The van der Waals surface area contributed by atoms with E-state index in [4.69, 9.17) is 9.47 Å². The molecule has 3 heterocycles. The molecule has 0 atom stereocenters. The molecule has 2 aliphatic rings. The van der Waals surface area contributed by atoms with Gasteiger partial charge in [0, 0.05) is 43.8 Å². The van der Waals surface area contributed by atoms with Crippen LogP contribution in [0.3, 0.4) is 0 Å². The molecular weight excluding hydrogens is 318 g/mol. The first-order chi connectivity index (χ1) is 12.4. The van der Waals surface area contributed by atoms with Gasteiger partial charge in [-0.05, 0) is 30.3 Å². The Kier molecular flexibility index (Phi) is 4.94. The molecule has 132 valence electrons. The largest absolute Gasteiger partial charge is 0.378 e. The maximum atomic E-state index is 5.40. The second-order valence-electron chi connectivity index (χ2n) is 6.11. The summed E-state index contributed by atoms with van der Waals surface area (Å²) in [5.74, 6) is 1.55. The standard InChI is InChI=1S/C18H23N5O2/c1-3-16(22-7-11-24-12-8-22)4-2-15(1)20-18-19-6-5-17(21-18)23-9-13-25-14-10-23/h1-6H,7-14H2,(H,19,20,21). The van der Waals surface area contributed by atoms with E-state index < -0.39 is 0 Å². The van der Waals surface area contributed by atoms with Crippen LogP contribution >= 0.6 is 0 Å². The van der Waals surface area contributed by atoms with Crippen LogP contribution in [0.1, 0.15) is 0 Å². The van der Waals surface area contributed by atoms with Gasteiger partial charge in [-0.3, -0.25) is 0 Å². The maximum Gasteiger partial charge on any atom is 0.229 e. The van der Waals surface area contributed by atoms with Gasteiger partial charge in [0.25, 0.3) is 0 Å². The van der Waals surface area contributed by atoms with Gasteiger partial charge in [0.2, 0.25) is 5.95 Å². The van der Waals surface area contributed by atoms with Crippen LogP contribution < -0.4 is 15.1 Å². The molecule has 0 unspecified atom stereocenters. The number of morpholine rings is 2. The SMILES string of the molecule is c1cc(N2CCOCC2)nc(Nc2ccc(N3CCOCC3)cc2)n1. The number of benzene rings is 1. The highest BCUT2D eigenvalue weighted by molar-refractivity contribution is 5.60. The van der Waals surface area contributed by atoms with Crippen molar-refractivity contribution in [3.63, 3.8) is 0 Å². The van der Waals surface area contributed by atoms with Crippen molar-refractivity contribution in [3.8, 4) is 0 Å². The first-order valence-corrected chi connectivity index (χ1v) is 8.74. The monoisotopic (exact) mass is 341 g/mol. The quantitative estimate of drug-likeness (QED) is 0.911. The lowest BCUT2D eigenvalue weighted by Crippen LogP contribution is -2.36. The third kappa shape index (κ3) is 4.00. The average Bonchev–Trinajstić information content (AvgIpc) is 2.70. The molecule has 2 fully saturated rings. The van der Waals surface area contributed by atoms with E-state index in [0.717, 1.165) is 64.1 Å². The lowest BCUT2D eigenvalue weighted by Gasteiger charge is -2.29. The van der Waals surface area contributed by atoms with Crippen molar-refractivity contribution >= 4 is 23.1 Å². The third-order valence-electron chi connectivity index (χ3n) is 4.48. The Labute approximate surface area is 147 Å². The molecule has 7 nitrogen and oxygen atoms in total. The molecule has 0 spiro atoms. The van der Waals surface area contributed by atoms with E-state index in [-0.39, 0.29) is 0 Å². The number of rotatable bonds is 4. The van der Waals surface area contributed by atoms with Crippen LogP contribution in [0.2, 0.25) is 0 Å². The van der Waals surface area contributed by atoms with Gasteiger partial charge in [0.15, 0.2) is 0 Å². The molecule has 0 saturated carbocycles. The minimum Gasteiger partial charge on any atom is -0.378 e. The zero-order valence-corrected chi connectivity index (χ0v) is 14.2. The average molecular weight is 341 g/mol. The molecule has 1 N–H and O–H groups in total. The Morgan fingerprint density at radius 2 is 1.44 bits per heavy atom. The number of ether oxygens (including phenoxy) is 2. The molecule has 2 aliphatic heterocycles. The summed E-state index contributed by atoms with van der Waals surface area (Å²) < 4.78 is 10.8. The molecule has 0 aliphatic carbocycles. The predicted molar refractivity (Wildman–Crippen MR) is 97.8 cm³/mol. The highest BCUT2D eigenvalue weighted by atomic mass is 16.5. The number of hydrogen-bond donors (Lipinski definition) is 1. The Hall–Kier alpha value is -2.38. The van der Waals surface area contributed by atoms with Gasteiger partial charge in [-0.15, -0.1) is 0 Å². The molecule has 1 aromatic carbocycles. The van der Waals surface area contributed by atoms with E-state index in [1.165, 1.54) is 5.69 Å². The van der Waals surface area contributed by atoms with Gasteiger partial charge >= 0.3 is 0 Å². The van der Waals surface area contributed by atoms with Gasteiger partial charge in [-0.2, -0.15) is 4.98 Å². The van der Waals surface area contributed by atoms with Crippen molar-refractivity contribution in [1.82, 2.24) is 9.97 Å². The zero-order valence-electron chi connectivity index (χ0n) is 14.2. The molecule has 0 bridgehead atoms. The zero-order chi connectivity index (χ0) is 16.9. The second kappa shape index (κ2) is 7.67. The van der Waals surface area contributed by atoms with Crippen molar-refractivity contribution in [2.24, 2.45) is 0 Å². The van der Waals surface area contributed by atoms with Crippen LogP contribution in [0, 0.1) is 0 Å². The molecule has 7 heteroatoms. The minimum absolute atomic E-state index is 0.614. The number of hydrogen-bond acceptors (Lipinski definition) is 7. The van der Waals surface area contributed by atoms with Crippen molar-refractivity contribution in [2.75, 3.05) is 67.7 Å². The van der Waals surface area contributed by atoms with Gasteiger partial charge in [-0.25, -0.2) is 4.98 Å². The smallest absolute Gasteiger partial charge is 0.229 e.